The molecule has 0 spiro atoms. The maximum absolute atomic E-state index is 13.3. The summed E-state index contributed by atoms with van der Waals surface area (Å²) in [6.07, 6.45) is -4.48. The van der Waals surface area contributed by atoms with Gasteiger partial charge in [0.1, 0.15) is 0 Å². The molecule has 1 saturated heterocycles. The molecule has 1 fully saturated rings. The lowest BCUT2D eigenvalue weighted by atomic mass is 10.1. The van der Waals surface area contributed by atoms with Gasteiger partial charge in [-0.2, -0.15) is 13.2 Å². The molecule has 5 nitrogen and oxygen atoms in total. The van der Waals surface area contributed by atoms with Crippen LogP contribution in [0.15, 0.2) is 58.3 Å². The van der Waals surface area contributed by atoms with Crippen LogP contribution in [0.5, 0.6) is 0 Å². The summed E-state index contributed by atoms with van der Waals surface area (Å²) in [5, 5.41) is 4.63. The molecule has 0 aliphatic carbocycles. The summed E-state index contributed by atoms with van der Waals surface area (Å²) in [6.45, 7) is 2.97. The van der Waals surface area contributed by atoms with Gasteiger partial charge < -0.3 is 15.1 Å². The van der Waals surface area contributed by atoms with Crippen molar-refractivity contribution in [2.45, 2.75) is 10.5 Å². The molecule has 4 rings (SSSR count). The first-order chi connectivity index (χ1) is 15.8. The maximum atomic E-state index is 13.3. The number of halogens is 3. The number of aromatic nitrogens is 1. The molecule has 0 bridgehead atoms. The Morgan fingerprint density at radius 2 is 1.85 bits per heavy atom. The lowest BCUT2D eigenvalue weighted by Crippen LogP contribution is -2.44. The minimum Gasteiger partial charge on any atom is -0.367 e. The number of nitrogens with zero attached hydrogens (tertiary/aromatic N) is 3. The average molecular weight is 493 g/mol. The predicted molar refractivity (Wildman–Crippen MR) is 128 cm³/mol. The minimum atomic E-state index is -4.48. The van der Waals surface area contributed by atoms with E-state index in [1.54, 1.807) is 0 Å². The van der Waals surface area contributed by atoms with E-state index < -0.39 is 11.7 Å². The van der Waals surface area contributed by atoms with Gasteiger partial charge in [0.2, 0.25) is 5.91 Å². The van der Waals surface area contributed by atoms with Crippen LogP contribution < -0.4 is 10.2 Å². The fraction of sp³-hybridized carbons (Fsp3) is 0.304. The van der Waals surface area contributed by atoms with Crippen LogP contribution in [0.4, 0.5) is 24.5 Å². The minimum absolute atomic E-state index is 0.0557. The number of nitrogens with one attached hydrogen (secondary N) is 1. The van der Waals surface area contributed by atoms with Gasteiger partial charge in [-0.25, -0.2) is 4.98 Å². The van der Waals surface area contributed by atoms with Gasteiger partial charge in [-0.05, 0) is 25.2 Å². The van der Waals surface area contributed by atoms with Crippen molar-refractivity contribution in [3.8, 4) is 11.3 Å². The first-order valence-corrected chi connectivity index (χ1v) is 12.2. The van der Waals surface area contributed by atoms with Crippen molar-refractivity contribution < 1.29 is 18.0 Å². The third-order valence-electron chi connectivity index (χ3n) is 5.32. The highest BCUT2D eigenvalue weighted by molar-refractivity contribution is 8.01. The molecule has 1 aromatic heterocycles. The molecule has 2 heterocycles. The van der Waals surface area contributed by atoms with Crippen LogP contribution in [0, 0.1) is 0 Å². The fourth-order valence-electron chi connectivity index (χ4n) is 3.51. The zero-order valence-corrected chi connectivity index (χ0v) is 19.6. The molecule has 1 amide bonds. The van der Waals surface area contributed by atoms with E-state index in [9.17, 15) is 18.0 Å². The highest BCUT2D eigenvalue weighted by Gasteiger charge is 2.32. The number of hydrogen-bond donors (Lipinski definition) is 1. The second-order valence-corrected chi connectivity index (χ2v) is 9.80. The molecule has 3 aromatic rings. The molecule has 0 radical (unpaired) electrons. The van der Waals surface area contributed by atoms with Crippen molar-refractivity contribution in [3.05, 3.63) is 59.5 Å². The summed E-state index contributed by atoms with van der Waals surface area (Å²) in [4.78, 5) is 21.4. The number of hydrogen-bond acceptors (Lipinski definition) is 6. The van der Waals surface area contributed by atoms with Crippen molar-refractivity contribution >= 4 is 40.4 Å². The monoisotopic (exact) mass is 492 g/mol. The molecular weight excluding hydrogens is 469 g/mol. The van der Waals surface area contributed by atoms with E-state index >= 15 is 0 Å². The number of carbonyl (C=O) groups excluding carboxylic acids is 1. The molecule has 0 saturated carbocycles. The zero-order valence-electron chi connectivity index (χ0n) is 17.9. The first kappa shape index (κ1) is 23.6. The first-order valence-electron chi connectivity index (χ1n) is 10.4. The van der Waals surface area contributed by atoms with Crippen LogP contribution in [0.2, 0.25) is 0 Å². The third-order valence-corrected chi connectivity index (χ3v) is 7.34. The van der Waals surface area contributed by atoms with E-state index in [0.717, 1.165) is 40.8 Å². The number of amides is 1. The Morgan fingerprint density at radius 1 is 1.12 bits per heavy atom. The van der Waals surface area contributed by atoms with E-state index in [2.05, 4.69) is 15.2 Å². The summed E-state index contributed by atoms with van der Waals surface area (Å²) < 4.78 is 40.6. The van der Waals surface area contributed by atoms with E-state index in [1.807, 2.05) is 47.7 Å². The van der Waals surface area contributed by atoms with Crippen molar-refractivity contribution in [2.24, 2.45) is 0 Å². The second-order valence-electron chi connectivity index (χ2n) is 7.72. The Morgan fingerprint density at radius 3 is 2.55 bits per heavy atom. The van der Waals surface area contributed by atoms with Gasteiger partial charge in [-0.1, -0.05) is 42.1 Å². The Balaban J connectivity index is 1.45. The lowest BCUT2D eigenvalue weighted by Gasteiger charge is -2.35. The lowest BCUT2D eigenvalue weighted by molar-refractivity contribution is -0.137. The number of benzene rings is 2. The molecule has 1 aliphatic heterocycles. The normalized spacial score (nSPS) is 15.0. The number of rotatable bonds is 6. The van der Waals surface area contributed by atoms with Crippen LogP contribution in [0.1, 0.15) is 5.56 Å². The predicted octanol–water partition coefficient (Wildman–Crippen LogP) is 5.31. The van der Waals surface area contributed by atoms with Crippen molar-refractivity contribution in [1.82, 2.24) is 9.88 Å². The molecule has 10 heteroatoms. The van der Waals surface area contributed by atoms with E-state index in [0.29, 0.717) is 18.8 Å². The number of piperazine rings is 1. The summed E-state index contributed by atoms with van der Waals surface area (Å²) in [6, 6.07) is 13.3. The van der Waals surface area contributed by atoms with Gasteiger partial charge in [0.25, 0.3) is 0 Å². The van der Waals surface area contributed by atoms with E-state index in [4.69, 9.17) is 0 Å². The number of thioether (sulfide) groups is 1. The third kappa shape index (κ3) is 6.07. The molecule has 174 valence electrons. The van der Waals surface area contributed by atoms with Gasteiger partial charge in [0.15, 0.2) is 4.34 Å². The Kier molecular flexibility index (Phi) is 7.26. The molecule has 1 N–H and O–H groups in total. The number of carbonyl (C=O) groups is 1. The van der Waals surface area contributed by atoms with Gasteiger partial charge in [-0.3, -0.25) is 4.79 Å². The maximum Gasteiger partial charge on any atom is 0.416 e. The quantitative estimate of drug-likeness (QED) is 0.473. The van der Waals surface area contributed by atoms with Crippen LogP contribution in [-0.2, 0) is 11.0 Å². The summed E-state index contributed by atoms with van der Waals surface area (Å²) in [5.74, 6) is -0.314. The number of thiazole rings is 1. The van der Waals surface area contributed by atoms with Crippen molar-refractivity contribution in [3.63, 3.8) is 0 Å². The highest BCUT2D eigenvalue weighted by atomic mass is 32.2. The van der Waals surface area contributed by atoms with Crippen LogP contribution in [0.25, 0.3) is 11.3 Å². The van der Waals surface area contributed by atoms with Gasteiger partial charge >= 0.3 is 6.18 Å². The largest absolute Gasteiger partial charge is 0.416 e. The number of alkyl halides is 3. The van der Waals surface area contributed by atoms with Gasteiger partial charge in [0.05, 0.1) is 28.4 Å². The van der Waals surface area contributed by atoms with Crippen LogP contribution in [0.3, 0.4) is 0 Å². The molecule has 0 atom stereocenters. The number of anilines is 2. The fourth-order valence-corrected chi connectivity index (χ4v) is 5.15. The van der Waals surface area contributed by atoms with Crippen LogP contribution in [-0.4, -0.2) is 54.8 Å². The van der Waals surface area contributed by atoms with Crippen molar-refractivity contribution in [2.75, 3.05) is 49.2 Å². The highest BCUT2D eigenvalue weighted by Crippen LogP contribution is 2.36. The van der Waals surface area contributed by atoms with E-state index in [1.165, 1.54) is 29.2 Å². The van der Waals surface area contributed by atoms with Gasteiger partial charge in [-0.15, -0.1) is 11.3 Å². The molecule has 2 aromatic carbocycles. The Bertz CT molecular complexity index is 1100. The molecule has 1 aliphatic rings. The van der Waals surface area contributed by atoms with Crippen LogP contribution >= 0.6 is 23.1 Å². The van der Waals surface area contributed by atoms with E-state index in [-0.39, 0.29) is 17.3 Å². The van der Waals surface area contributed by atoms with Crippen molar-refractivity contribution in [1.29, 1.82) is 0 Å². The summed E-state index contributed by atoms with van der Waals surface area (Å²) in [5.41, 5.74) is 1.83. The summed E-state index contributed by atoms with van der Waals surface area (Å²) in [7, 11) is 2.01. The molecular formula is C23H23F3N4OS2. The summed E-state index contributed by atoms with van der Waals surface area (Å²) >= 11 is 2.70. The Hall–Kier alpha value is -2.56. The molecule has 0 unspecified atom stereocenters. The van der Waals surface area contributed by atoms with Gasteiger partial charge in [0, 0.05) is 37.1 Å². The standard InChI is InChI=1S/C23H23F3N4OS2/c1-29-9-11-30(12-10-29)20-8-7-17(23(24,25)26)13-18(20)27-21(31)15-33-22-28-19(14-32-22)16-5-3-2-4-6-16/h2-8,13-14H,9-12,15H2,1H3,(H,27,31). The zero-order chi connectivity index (χ0) is 23.4. The smallest absolute Gasteiger partial charge is 0.367 e. The average Bonchev–Trinajstić information content (AvgIpc) is 3.28. The molecule has 33 heavy (non-hydrogen) atoms. The second kappa shape index (κ2) is 10.1. The SMILES string of the molecule is CN1CCN(c2ccc(C(F)(F)F)cc2NC(=O)CSc2nc(-c3ccccc3)cs2)CC1. The Labute approximate surface area is 198 Å². The number of likely N-dealkylation sites (N-methyl/N-ethyl adjacent to an activating group) is 1. The topological polar surface area (TPSA) is 48.5 Å².